The molecule has 6 heteroatoms. The minimum Gasteiger partial charge on any atom is -0.462 e. The highest BCUT2D eigenvalue weighted by atomic mass is 16.6. The number of ether oxygens (including phenoxy) is 3. The quantitative estimate of drug-likeness (QED) is 0.0261. The Kier molecular flexibility index (Phi) is 60.2. The monoisotopic (exact) mass is 1020 g/mol. The van der Waals surface area contributed by atoms with Crippen molar-refractivity contribution in [2.75, 3.05) is 13.2 Å². The van der Waals surface area contributed by atoms with Gasteiger partial charge in [-0.25, -0.2) is 0 Å². The van der Waals surface area contributed by atoms with E-state index in [1.807, 2.05) is 0 Å². The Morgan fingerprint density at radius 3 is 0.808 bits per heavy atom. The van der Waals surface area contributed by atoms with E-state index in [9.17, 15) is 14.4 Å². The van der Waals surface area contributed by atoms with Gasteiger partial charge in [-0.05, 0) is 77.0 Å². The first-order valence-electron chi connectivity index (χ1n) is 32.5. The number of hydrogen-bond donors (Lipinski definition) is 0. The molecule has 73 heavy (non-hydrogen) atoms. The van der Waals surface area contributed by atoms with Crippen LogP contribution in [-0.4, -0.2) is 37.2 Å². The number of hydrogen-bond acceptors (Lipinski definition) is 6. The molecule has 0 fully saturated rings. The van der Waals surface area contributed by atoms with Crippen LogP contribution in [0.25, 0.3) is 0 Å². The van der Waals surface area contributed by atoms with Gasteiger partial charge in [0.05, 0.1) is 0 Å². The average Bonchev–Trinajstić information content (AvgIpc) is 3.39. The van der Waals surface area contributed by atoms with Crippen LogP contribution in [0.15, 0.2) is 36.5 Å². The minimum absolute atomic E-state index is 0.0767. The average molecular weight is 1030 g/mol. The van der Waals surface area contributed by atoms with Gasteiger partial charge < -0.3 is 14.2 Å². The van der Waals surface area contributed by atoms with Crippen LogP contribution in [0.4, 0.5) is 0 Å². The van der Waals surface area contributed by atoms with Crippen molar-refractivity contribution in [1.29, 1.82) is 0 Å². The van der Waals surface area contributed by atoms with Crippen molar-refractivity contribution in [1.82, 2.24) is 0 Å². The molecule has 0 aromatic carbocycles. The Morgan fingerprint density at radius 2 is 0.493 bits per heavy atom. The highest BCUT2D eigenvalue weighted by Gasteiger charge is 2.19. The van der Waals surface area contributed by atoms with Gasteiger partial charge in [0, 0.05) is 19.3 Å². The lowest BCUT2D eigenvalue weighted by atomic mass is 10.0. The van der Waals surface area contributed by atoms with Gasteiger partial charge in [0.15, 0.2) is 6.10 Å². The number of carbonyl (C=O) groups is 3. The first-order chi connectivity index (χ1) is 36.0. The molecule has 0 aromatic heterocycles. The van der Waals surface area contributed by atoms with E-state index in [2.05, 4.69) is 57.2 Å². The molecule has 0 aliphatic carbocycles. The van der Waals surface area contributed by atoms with Gasteiger partial charge in [0.1, 0.15) is 13.2 Å². The van der Waals surface area contributed by atoms with Crippen LogP contribution in [0.1, 0.15) is 355 Å². The molecular formula is C67H124O6. The molecule has 0 radical (unpaired) electrons. The number of rotatable bonds is 60. The van der Waals surface area contributed by atoms with Crippen LogP contribution >= 0.6 is 0 Å². The van der Waals surface area contributed by atoms with E-state index in [0.717, 1.165) is 89.9 Å². The largest absolute Gasteiger partial charge is 0.462 e. The zero-order chi connectivity index (χ0) is 52.9. The maximum atomic E-state index is 12.9. The van der Waals surface area contributed by atoms with Gasteiger partial charge in [-0.1, -0.05) is 295 Å². The summed E-state index contributed by atoms with van der Waals surface area (Å²) < 4.78 is 16.9. The van der Waals surface area contributed by atoms with E-state index in [1.54, 1.807) is 0 Å². The van der Waals surface area contributed by atoms with E-state index in [-0.39, 0.29) is 31.1 Å². The van der Waals surface area contributed by atoms with E-state index in [1.165, 1.54) is 225 Å². The molecule has 0 saturated carbocycles. The van der Waals surface area contributed by atoms with E-state index in [4.69, 9.17) is 14.2 Å². The molecule has 0 spiro atoms. The first kappa shape index (κ1) is 70.6. The fraction of sp³-hybridized carbons (Fsp3) is 0.866. The fourth-order valence-electron chi connectivity index (χ4n) is 9.71. The molecular weight excluding hydrogens is 901 g/mol. The van der Waals surface area contributed by atoms with Crippen molar-refractivity contribution >= 4 is 17.9 Å². The molecule has 0 bridgehead atoms. The fourth-order valence-corrected chi connectivity index (χ4v) is 9.71. The molecule has 0 aliphatic rings. The highest BCUT2D eigenvalue weighted by Crippen LogP contribution is 2.18. The molecule has 1 unspecified atom stereocenters. The Morgan fingerprint density at radius 1 is 0.274 bits per heavy atom. The summed E-state index contributed by atoms with van der Waals surface area (Å²) in [7, 11) is 0. The number of allylic oxidation sites excluding steroid dienone is 6. The summed E-state index contributed by atoms with van der Waals surface area (Å²) in [6.07, 6.45) is 75.9. The third kappa shape index (κ3) is 60.4. The van der Waals surface area contributed by atoms with E-state index >= 15 is 0 Å². The van der Waals surface area contributed by atoms with Gasteiger partial charge in [0.2, 0.25) is 0 Å². The second kappa shape index (κ2) is 62.2. The molecule has 0 amide bonds. The third-order valence-electron chi connectivity index (χ3n) is 14.6. The Hall–Kier alpha value is -2.37. The van der Waals surface area contributed by atoms with Gasteiger partial charge in [-0.2, -0.15) is 0 Å². The number of esters is 3. The molecule has 0 aliphatic heterocycles. The maximum Gasteiger partial charge on any atom is 0.306 e. The summed E-state index contributed by atoms with van der Waals surface area (Å²) in [5.41, 5.74) is 0. The number of unbranched alkanes of at least 4 members (excludes halogenated alkanes) is 43. The zero-order valence-electron chi connectivity index (χ0n) is 49.2. The molecule has 0 rings (SSSR count). The lowest BCUT2D eigenvalue weighted by molar-refractivity contribution is -0.167. The van der Waals surface area contributed by atoms with Gasteiger partial charge in [-0.3, -0.25) is 14.4 Å². The second-order valence-corrected chi connectivity index (χ2v) is 22.0. The van der Waals surface area contributed by atoms with Crippen LogP contribution < -0.4 is 0 Å². The molecule has 1 atom stereocenters. The van der Waals surface area contributed by atoms with Crippen molar-refractivity contribution in [2.45, 2.75) is 361 Å². The Balaban J connectivity index is 4.19. The van der Waals surface area contributed by atoms with Crippen molar-refractivity contribution < 1.29 is 28.6 Å². The molecule has 0 N–H and O–H groups in total. The normalized spacial score (nSPS) is 12.2. The van der Waals surface area contributed by atoms with Crippen molar-refractivity contribution in [3.05, 3.63) is 36.5 Å². The van der Waals surface area contributed by atoms with Crippen LogP contribution in [0.5, 0.6) is 0 Å². The molecule has 0 saturated heterocycles. The smallest absolute Gasteiger partial charge is 0.306 e. The highest BCUT2D eigenvalue weighted by molar-refractivity contribution is 5.71. The zero-order valence-corrected chi connectivity index (χ0v) is 49.2. The van der Waals surface area contributed by atoms with Crippen molar-refractivity contribution in [3.8, 4) is 0 Å². The summed E-state index contributed by atoms with van der Waals surface area (Å²) in [4.78, 5) is 38.2. The van der Waals surface area contributed by atoms with Gasteiger partial charge >= 0.3 is 17.9 Å². The SMILES string of the molecule is CCCCC/C=C\C/C=C\CCCCCCCC(=O)OC(COC(=O)CCCCCCC/C=C\CCCCCC)COC(=O)CCCCCCCCCCCCCCCCCCCCCCCCCCCCC. The minimum atomic E-state index is -0.781. The summed E-state index contributed by atoms with van der Waals surface area (Å²) in [6, 6.07) is 0. The van der Waals surface area contributed by atoms with Crippen LogP contribution in [0, 0.1) is 0 Å². The lowest BCUT2D eigenvalue weighted by Gasteiger charge is -2.18. The third-order valence-corrected chi connectivity index (χ3v) is 14.6. The van der Waals surface area contributed by atoms with Crippen LogP contribution in [0.3, 0.4) is 0 Å². The number of carbonyl (C=O) groups excluding carboxylic acids is 3. The Labute approximate surface area is 455 Å². The molecule has 6 nitrogen and oxygen atoms in total. The molecule has 428 valence electrons. The summed E-state index contributed by atoms with van der Waals surface area (Å²) in [5.74, 6) is -0.879. The van der Waals surface area contributed by atoms with Crippen LogP contribution in [0.2, 0.25) is 0 Å². The molecule has 0 heterocycles. The summed E-state index contributed by atoms with van der Waals surface area (Å²) >= 11 is 0. The van der Waals surface area contributed by atoms with Crippen molar-refractivity contribution in [2.24, 2.45) is 0 Å². The molecule has 0 aromatic rings. The first-order valence-corrected chi connectivity index (χ1v) is 32.5. The summed E-state index contributed by atoms with van der Waals surface area (Å²) in [6.45, 7) is 6.63. The van der Waals surface area contributed by atoms with Crippen LogP contribution in [-0.2, 0) is 28.6 Å². The van der Waals surface area contributed by atoms with Gasteiger partial charge in [0.25, 0.3) is 0 Å². The Bertz CT molecular complexity index is 1220. The maximum absolute atomic E-state index is 12.9. The predicted molar refractivity (Wildman–Crippen MR) is 316 cm³/mol. The van der Waals surface area contributed by atoms with E-state index < -0.39 is 6.10 Å². The second-order valence-electron chi connectivity index (χ2n) is 22.0. The predicted octanol–water partition coefficient (Wildman–Crippen LogP) is 22.0. The summed E-state index contributed by atoms with van der Waals surface area (Å²) in [5, 5.41) is 0. The van der Waals surface area contributed by atoms with Crippen molar-refractivity contribution in [3.63, 3.8) is 0 Å². The topological polar surface area (TPSA) is 78.9 Å². The standard InChI is InChI=1S/C67H124O6/c1-4-7-10-13-16-19-22-25-27-28-29-30-31-32-33-34-35-36-37-38-40-42-45-48-51-54-57-60-66(69)72-63-64(62-71-65(68)59-56-53-50-47-44-41-24-21-18-15-12-9-6-3)73-67(70)61-58-55-52-49-46-43-39-26-23-20-17-14-11-8-5-2/h17,20-21,24,26,39,64H,4-16,18-19,22-23,25,27-38,40-63H2,1-3H3/b20-17-,24-21-,39-26-. The van der Waals surface area contributed by atoms with E-state index in [0.29, 0.717) is 19.3 Å². The van der Waals surface area contributed by atoms with Gasteiger partial charge in [-0.15, -0.1) is 0 Å². The lowest BCUT2D eigenvalue weighted by Crippen LogP contribution is -2.30.